The van der Waals surface area contributed by atoms with E-state index in [0.717, 1.165) is 16.9 Å². The molecule has 2 aromatic rings. The van der Waals surface area contributed by atoms with Gasteiger partial charge in [0.15, 0.2) is 0 Å². The van der Waals surface area contributed by atoms with Gasteiger partial charge in [0.2, 0.25) is 0 Å². The van der Waals surface area contributed by atoms with Crippen LogP contribution in [-0.2, 0) is 6.42 Å². The summed E-state index contributed by atoms with van der Waals surface area (Å²) in [4.78, 5) is 11.0. The third-order valence-electron chi connectivity index (χ3n) is 2.52. The van der Waals surface area contributed by atoms with Crippen molar-refractivity contribution in [2.45, 2.75) is 32.6 Å². The minimum Gasteiger partial charge on any atom is -0.241 e. The largest absolute Gasteiger partial charge is 0.241 e. The van der Waals surface area contributed by atoms with Crippen molar-refractivity contribution in [2.24, 2.45) is 0 Å². The number of hydrogen-bond acceptors (Lipinski definition) is 3. The van der Waals surface area contributed by atoms with E-state index in [1.807, 2.05) is 6.92 Å². The Hall–Kier alpha value is -0.670. The maximum atomic E-state index is 6.01. The summed E-state index contributed by atoms with van der Waals surface area (Å²) in [5, 5.41) is 1.32. The molecule has 0 radical (unpaired) electrons. The van der Waals surface area contributed by atoms with Gasteiger partial charge < -0.3 is 0 Å². The van der Waals surface area contributed by atoms with Crippen LogP contribution in [0.15, 0.2) is 6.33 Å². The van der Waals surface area contributed by atoms with E-state index in [-0.39, 0.29) is 5.38 Å². The zero-order valence-electron chi connectivity index (χ0n) is 9.04. The van der Waals surface area contributed by atoms with Gasteiger partial charge in [-0.3, -0.25) is 0 Å². The first-order valence-corrected chi connectivity index (χ1v) is 6.18. The first kappa shape index (κ1) is 10.8. The molecule has 2 aromatic heterocycles. The molecule has 1 atom stereocenters. The van der Waals surface area contributed by atoms with Gasteiger partial charge in [0.25, 0.3) is 0 Å². The van der Waals surface area contributed by atoms with E-state index < -0.39 is 0 Å². The number of hydrogen-bond donors (Lipinski definition) is 0. The fraction of sp³-hybridized carbons (Fsp3) is 0.455. The lowest BCUT2D eigenvalue weighted by atomic mass is 10.1. The number of alkyl halides is 1. The Balaban J connectivity index is 2.63. The molecule has 15 heavy (non-hydrogen) atoms. The van der Waals surface area contributed by atoms with Crippen LogP contribution in [0.5, 0.6) is 0 Å². The van der Waals surface area contributed by atoms with Crippen molar-refractivity contribution in [3.8, 4) is 0 Å². The molecule has 2 rings (SSSR count). The molecule has 4 heteroatoms. The maximum Gasteiger partial charge on any atom is 0.127 e. The summed E-state index contributed by atoms with van der Waals surface area (Å²) in [6, 6.07) is 0. The summed E-state index contributed by atoms with van der Waals surface area (Å²) in [6.07, 6.45) is 2.43. The lowest BCUT2D eigenvalue weighted by Crippen LogP contribution is -2.01. The molecule has 80 valence electrons. The van der Waals surface area contributed by atoms with Crippen LogP contribution in [0, 0.1) is 13.8 Å². The molecule has 0 fully saturated rings. The van der Waals surface area contributed by atoms with Crippen molar-refractivity contribution in [1.82, 2.24) is 9.97 Å². The second kappa shape index (κ2) is 4.06. The van der Waals surface area contributed by atoms with E-state index in [2.05, 4.69) is 23.8 Å². The number of fused-ring (bicyclic) bond motifs is 1. The van der Waals surface area contributed by atoms with Gasteiger partial charge in [0, 0.05) is 22.1 Å². The highest BCUT2D eigenvalue weighted by Crippen LogP contribution is 2.30. The fourth-order valence-corrected chi connectivity index (χ4v) is 2.84. The second-order valence-electron chi connectivity index (χ2n) is 3.77. The highest BCUT2D eigenvalue weighted by Gasteiger charge is 2.12. The first-order valence-electron chi connectivity index (χ1n) is 4.93. The first-order chi connectivity index (χ1) is 7.09. The highest BCUT2D eigenvalue weighted by molar-refractivity contribution is 7.18. The quantitative estimate of drug-likeness (QED) is 0.752. The number of nitrogens with zero attached hydrogens (tertiary/aromatic N) is 2. The number of halogens is 1. The van der Waals surface area contributed by atoms with Crippen LogP contribution < -0.4 is 0 Å². The summed E-state index contributed by atoms with van der Waals surface area (Å²) in [5.74, 6) is 0. The second-order valence-corrected chi connectivity index (χ2v) is 5.72. The van der Waals surface area contributed by atoms with Crippen LogP contribution in [0.1, 0.15) is 23.1 Å². The fourth-order valence-electron chi connectivity index (χ4n) is 1.68. The smallest absolute Gasteiger partial charge is 0.127 e. The minimum absolute atomic E-state index is 0.114. The van der Waals surface area contributed by atoms with Gasteiger partial charge >= 0.3 is 0 Å². The van der Waals surface area contributed by atoms with Crippen LogP contribution in [0.4, 0.5) is 0 Å². The van der Waals surface area contributed by atoms with Crippen LogP contribution >= 0.6 is 22.9 Å². The molecular weight excluding hydrogens is 228 g/mol. The molecule has 0 bridgehead atoms. The van der Waals surface area contributed by atoms with Crippen molar-refractivity contribution < 1.29 is 0 Å². The monoisotopic (exact) mass is 240 g/mol. The van der Waals surface area contributed by atoms with Crippen LogP contribution in [0.25, 0.3) is 10.2 Å². The van der Waals surface area contributed by atoms with Crippen LogP contribution in [0.2, 0.25) is 0 Å². The van der Waals surface area contributed by atoms with Gasteiger partial charge in [-0.2, -0.15) is 0 Å². The lowest BCUT2D eigenvalue weighted by Gasteiger charge is -2.04. The Morgan fingerprint density at radius 3 is 2.80 bits per heavy atom. The molecule has 0 aliphatic heterocycles. The average Bonchev–Trinajstić information content (AvgIpc) is 2.43. The summed E-state index contributed by atoms with van der Waals surface area (Å²) in [7, 11) is 0. The highest BCUT2D eigenvalue weighted by atomic mass is 35.5. The molecule has 0 aliphatic carbocycles. The third kappa shape index (κ3) is 1.99. The topological polar surface area (TPSA) is 25.8 Å². The van der Waals surface area contributed by atoms with Crippen molar-refractivity contribution >= 4 is 33.2 Å². The van der Waals surface area contributed by atoms with E-state index in [9.17, 15) is 0 Å². The van der Waals surface area contributed by atoms with Crippen molar-refractivity contribution in [3.05, 3.63) is 22.5 Å². The number of rotatable bonds is 2. The Bertz CT molecular complexity index is 491. The lowest BCUT2D eigenvalue weighted by molar-refractivity contribution is 0.895. The molecule has 0 amide bonds. The molecule has 0 saturated carbocycles. The predicted molar refractivity (Wildman–Crippen MR) is 65.9 cm³/mol. The zero-order chi connectivity index (χ0) is 11.0. The number of aryl methyl sites for hydroxylation is 2. The number of thiophene rings is 1. The van der Waals surface area contributed by atoms with Crippen LogP contribution in [-0.4, -0.2) is 15.3 Å². The van der Waals surface area contributed by atoms with Crippen molar-refractivity contribution in [1.29, 1.82) is 0 Å². The maximum absolute atomic E-state index is 6.01. The normalized spacial score (nSPS) is 13.3. The Morgan fingerprint density at radius 1 is 1.40 bits per heavy atom. The molecule has 0 aliphatic rings. The van der Waals surface area contributed by atoms with E-state index in [1.54, 1.807) is 17.7 Å². The molecule has 0 spiro atoms. The summed E-state index contributed by atoms with van der Waals surface area (Å²) in [6.45, 7) is 6.24. The van der Waals surface area contributed by atoms with Gasteiger partial charge in [0.1, 0.15) is 11.2 Å². The Kier molecular flexibility index (Phi) is 2.94. The van der Waals surface area contributed by atoms with E-state index in [0.29, 0.717) is 0 Å². The zero-order valence-corrected chi connectivity index (χ0v) is 10.6. The van der Waals surface area contributed by atoms with Crippen molar-refractivity contribution in [3.63, 3.8) is 0 Å². The molecule has 0 N–H and O–H groups in total. The molecule has 0 saturated heterocycles. The Morgan fingerprint density at radius 2 is 2.13 bits per heavy atom. The van der Waals surface area contributed by atoms with E-state index in [4.69, 9.17) is 11.6 Å². The molecule has 1 unspecified atom stereocenters. The SMILES string of the molecule is Cc1sc2ncnc(CC(C)Cl)c2c1C. The molecular formula is C11H13ClN2S. The predicted octanol–water partition coefficient (Wildman–Crippen LogP) is 3.48. The average molecular weight is 241 g/mol. The molecule has 2 heterocycles. The summed E-state index contributed by atoms with van der Waals surface area (Å²) >= 11 is 7.74. The molecule has 2 nitrogen and oxygen atoms in total. The Labute approximate surface area is 98.3 Å². The van der Waals surface area contributed by atoms with E-state index in [1.165, 1.54) is 15.8 Å². The third-order valence-corrected chi connectivity index (χ3v) is 3.79. The minimum atomic E-state index is 0.114. The van der Waals surface area contributed by atoms with Gasteiger partial charge in [-0.05, 0) is 26.3 Å². The standard InChI is InChI=1S/C11H13ClN2S/c1-6(12)4-9-10-7(2)8(3)15-11(10)14-5-13-9/h5-6H,4H2,1-3H3. The van der Waals surface area contributed by atoms with Gasteiger partial charge in [-0.25, -0.2) is 9.97 Å². The van der Waals surface area contributed by atoms with Gasteiger partial charge in [-0.15, -0.1) is 22.9 Å². The van der Waals surface area contributed by atoms with Gasteiger partial charge in [0.05, 0.1) is 5.69 Å². The molecule has 0 aromatic carbocycles. The van der Waals surface area contributed by atoms with Crippen LogP contribution in [0.3, 0.4) is 0 Å². The van der Waals surface area contributed by atoms with E-state index >= 15 is 0 Å². The number of aromatic nitrogens is 2. The summed E-state index contributed by atoms with van der Waals surface area (Å²) in [5.41, 5.74) is 2.37. The van der Waals surface area contributed by atoms with Gasteiger partial charge in [-0.1, -0.05) is 0 Å². The summed E-state index contributed by atoms with van der Waals surface area (Å²) < 4.78 is 0. The van der Waals surface area contributed by atoms with Crippen molar-refractivity contribution in [2.75, 3.05) is 0 Å².